The molecule has 2 heterocycles. The average molecular weight is 341 g/mol. The van der Waals surface area contributed by atoms with Crippen molar-refractivity contribution >= 4 is 28.4 Å². The van der Waals surface area contributed by atoms with Crippen molar-refractivity contribution < 1.29 is 0 Å². The van der Waals surface area contributed by atoms with Crippen molar-refractivity contribution in [3.8, 4) is 0 Å². The van der Waals surface area contributed by atoms with E-state index in [9.17, 15) is 0 Å². The van der Waals surface area contributed by atoms with Gasteiger partial charge in [-0.25, -0.2) is 4.99 Å². The molecular formula is C11H12IN5. The molecule has 5 nitrogen and oxygen atoms in total. The van der Waals surface area contributed by atoms with Gasteiger partial charge in [0.05, 0.1) is 18.3 Å². The van der Waals surface area contributed by atoms with E-state index >= 15 is 0 Å². The number of fused-ring (bicyclic) bond motifs is 1. The highest BCUT2D eigenvalue weighted by atomic mass is 127. The van der Waals surface area contributed by atoms with Crippen LogP contribution in [-0.2, 0) is 0 Å². The Morgan fingerprint density at radius 3 is 3.12 bits per heavy atom. The van der Waals surface area contributed by atoms with E-state index in [0.29, 0.717) is 0 Å². The lowest BCUT2D eigenvalue weighted by Crippen LogP contribution is -2.34. The first-order valence-corrected chi connectivity index (χ1v) is 6.35. The lowest BCUT2D eigenvalue weighted by molar-refractivity contribution is 0.550. The fourth-order valence-electron chi connectivity index (χ4n) is 1.79. The summed E-state index contributed by atoms with van der Waals surface area (Å²) in [5.41, 5.74) is 10.5. The smallest absolute Gasteiger partial charge is 0.133 e. The normalized spacial score (nSPS) is 20.3. The van der Waals surface area contributed by atoms with Crippen LogP contribution in [0, 0.1) is 0 Å². The Bertz CT molecular complexity index is 508. The molecule has 2 rings (SSSR count). The highest BCUT2D eigenvalue weighted by Gasteiger charge is 2.23. The molecule has 0 saturated carbocycles. The Morgan fingerprint density at radius 2 is 2.41 bits per heavy atom. The van der Waals surface area contributed by atoms with Crippen LogP contribution in [0.15, 0.2) is 43.3 Å². The Morgan fingerprint density at radius 1 is 1.65 bits per heavy atom. The van der Waals surface area contributed by atoms with Gasteiger partial charge in [0.1, 0.15) is 5.84 Å². The van der Waals surface area contributed by atoms with Gasteiger partial charge in [0.25, 0.3) is 0 Å². The maximum atomic E-state index is 8.48. The van der Waals surface area contributed by atoms with Gasteiger partial charge in [-0.05, 0) is 47.2 Å². The van der Waals surface area contributed by atoms with E-state index in [1.807, 2.05) is 19.1 Å². The number of hydrogen-bond donors (Lipinski definition) is 0. The molecule has 0 amide bonds. The summed E-state index contributed by atoms with van der Waals surface area (Å²) in [5, 5.41) is 3.71. The SMILES string of the molecule is CC1=CC=CC2=NC(C(C)N=[N+]=[N-])=C(I)CN12. The third-order valence-corrected chi connectivity index (χ3v) is 3.61. The number of rotatable bonds is 2. The molecule has 0 fully saturated rings. The van der Waals surface area contributed by atoms with E-state index in [2.05, 4.69) is 55.5 Å². The molecule has 6 heteroatoms. The molecule has 2 aliphatic heterocycles. The van der Waals surface area contributed by atoms with Crippen LogP contribution in [-0.4, -0.2) is 23.3 Å². The molecule has 0 spiro atoms. The summed E-state index contributed by atoms with van der Waals surface area (Å²) in [6.07, 6.45) is 6.02. The van der Waals surface area contributed by atoms with Crippen LogP contribution in [0.1, 0.15) is 13.8 Å². The lowest BCUT2D eigenvalue weighted by Gasteiger charge is -2.32. The van der Waals surface area contributed by atoms with Crippen molar-refractivity contribution in [3.63, 3.8) is 0 Å². The number of amidine groups is 1. The van der Waals surface area contributed by atoms with Crippen LogP contribution in [0.3, 0.4) is 0 Å². The second kappa shape index (κ2) is 4.93. The molecule has 0 aromatic carbocycles. The van der Waals surface area contributed by atoms with E-state index in [1.165, 1.54) is 5.70 Å². The lowest BCUT2D eigenvalue weighted by atomic mass is 10.1. The van der Waals surface area contributed by atoms with Crippen LogP contribution < -0.4 is 0 Å². The maximum Gasteiger partial charge on any atom is 0.133 e. The molecule has 0 saturated heterocycles. The number of nitrogens with zero attached hydrogens (tertiary/aromatic N) is 5. The molecule has 0 radical (unpaired) electrons. The van der Waals surface area contributed by atoms with E-state index < -0.39 is 0 Å². The maximum absolute atomic E-state index is 8.48. The first kappa shape index (κ1) is 12.2. The van der Waals surface area contributed by atoms with Gasteiger partial charge in [-0.2, -0.15) is 0 Å². The van der Waals surface area contributed by atoms with Crippen LogP contribution in [0.4, 0.5) is 0 Å². The molecule has 0 bridgehead atoms. The highest BCUT2D eigenvalue weighted by Crippen LogP contribution is 2.28. The van der Waals surface area contributed by atoms with Gasteiger partial charge in [0.2, 0.25) is 0 Å². The van der Waals surface area contributed by atoms with E-state index in [-0.39, 0.29) is 6.04 Å². The number of halogens is 1. The zero-order valence-electron chi connectivity index (χ0n) is 9.63. The van der Waals surface area contributed by atoms with Gasteiger partial charge < -0.3 is 4.90 Å². The molecule has 1 atom stereocenters. The first-order valence-electron chi connectivity index (χ1n) is 5.27. The van der Waals surface area contributed by atoms with Crippen LogP contribution in [0.2, 0.25) is 0 Å². The molecule has 0 aromatic rings. The van der Waals surface area contributed by atoms with Gasteiger partial charge >= 0.3 is 0 Å². The topological polar surface area (TPSA) is 64.4 Å². The standard InChI is InChI=1S/C11H12IN5/c1-7-4-3-5-10-14-11(8(2)15-16-13)9(12)6-17(7)10/h3-5,8H,6H2,1-2H3. The minimum absolute atomic E-state index is 0.221. The summed E-state index contributed by atoms with van der Waals surface area (Å²) in [5.74, 6) is 0.917. The molecule has 0 aliphatic carbocycles. The zero-order chi connectivity index (χ0) is 12.4. The quantitative estimate of drug-likeness (QED) is 0.328. The Labute approximate surface area is 113 Å². The fourth-order valence-corrected chi connectivity index (χ4v) is 2.71. The van der Waals surface area contributed by atoms with Crippen molar-refractivity contribution in [1.29, 1.82) is 0 Å². The third kappa shape index (κ3) is 2.37. The number of azide groups is 1. The summed E-state index contributed by atoms with van der Waals surface area (Å²) in [7, 11) is 0. The van der Waals surface area contributed by atoms with Crippen molar-refractivity contribution in [1.82, 2.24) is 4.90 Å². The predicted octanol–water partition coefficient (Wildman–Crippen LogP) is 3.52. The molecule has 2 aliphatic rings. The Balaban J connectivity index is 2.36. The van der Waals surface area contributed by atoms with E-state index in [4.69, 9.17) is 5.53 Å². The molecule has 0 N–H and O–H groups in total. The second-order valence-corrected chi connectivity index (χ2v) is 5.20. The van der Waals surface area contributed by atoms with Crippen LogP contribution >= 0.6 is 22.6 Å². The first-order chi connectivity index (χ1) is 8.13. The van der Waals surface area contributed by atoms with Crippen LogP contribution in [0.25, 0.3) is 10.4 Å². The van der Waals surface area contributed by atoms with Crippen molar-refractivity contribution in [2.45, 2.75) is 19.9 Å². The Hall–Kier alpha value is -1.27. The van der Waals surface area contributed by atoms with E-state index in [1.54, 1.807) is 0 Å². The summed E-state index contributed by atoms with van der Waals surface area (Å²) >= 11 is 2.27. The molecule has 0 aromatic heterocycles. The molecular weight excluding hydrogens is 329 g/mol. The summed E-state index contributed by atoms with van der Waals surface area (Å²) in [6.45, 7) is 4.72. The summed E-state index contributed by atoms with van der Waals surface area (Å²) < 4.78 is 1.12. The van der Waals surface area contributed by atoms with Gasteiger partial charge in [-0.1, -0.05) is 18.1 Å². The molecule has 17 heavy (non-hydrogen) atoms. The second-order valence-electron chi connectivity index (χ2n) is 3.89. The van der Waals surface area contributed by atoms with Crippen molar-refractivity contribution in [3.05, 3.63) is 43.6 Å². The molecule has 88 valence electrons. The van der Waals surface area contributed by atoms with Gasteiger partial charge in [0, 0.05) is 14.2 Å². The highest BCUT2D eigenvalue weighted by molar-refractivity contribution is 14.1. The molecule has 1 unspecified atom stereocenters. The van der Waals surface area contributed by atoms with Gasteiger partial charge in [0.15, 0.2) is 0 Å². The van der Waals surface area contributed by atoms with Crippen LogP contribution in [0.5, 0.6) is 0 Å². The largest absolute Gasteiger partial charge is 0.325 e. The zero-order valence-corrected chi connectivity index (χ0v) is 11.8. The summed E-state index contributed by atoms with van der Waals surface area (Å²) in [4.78, 5) is 9.56. The van der Waals surface area contributed by atoms with Gasteiger partial charge in [-0.3, -0.25) is 0 Å². The fraction of sp³-hybridized carbons (Fsp3) is 0.364. The van der Waals surface area contributed by atoms with Crippen molar-refractivity contribution in [2.75, 3.05) is 6.54 Å². The number of aliphatic imine (C=N–C) groups is 1. The monoisotopic (exact) mass is 341 g/mol. The minimum Gasteiger partial charge on any atom is -0.325 e. The number of allylic oxidation sites excluding steroid dienone is 3. The number of hydrogen-bond acceptors (Lipinski definition) is 3. The predicted molar refractivity (Wildman–Crippen MR) is 76.7 cm³/mol. The van der Waals surface area contributed by atoms with E-state index in [0.717, 1.165) is 21.7 Å². The Kier molecular flexibility index (Phi) is 3.54. The summed E-state index contributed by atoms with van der Waals surface area (Å²) in [6, 6.07) is -0.221. The minimum atomic E-state index is -0.221. The van der Waals surface area contributed by atoms with Crippen molar-refractivity contribution in [2.24, 2.45) is 10.1 Å². The average Bonchev–Trinajstić information content (AvgIpc) is 2.30. The van der Waals surface area contributed by atoms with Gasteiger partial charge in [-0.15, -0.1) is 0 Å². The third-order valence-electron chi connectivity index (χ3n) is 2.72.